The van der Waals surface area contributed by atoms with Crippen LogP contribution >= 0.6 is 0 Å². The summed E-state index contributed by atoms with van der Waals surface area (Å²) >= 11 is 0. The maximum absolute atomic E-state index is 5.68. The van der Waals surface area contributed by atoms with Crippen LogP contribution in [0, 0.1) is 0 Å². The molecular weight excluding hydrogens is 308 g/mol. The quantitative estimate of drug-likeness (QED) is 0.921. The third-order valence-electron chi connectivity index (χ3n) is 4.02. The van der Waals surface area contributed by atoms with Gasteiger partial charge in [0, 0.05) is 38.7 Å². The van der Waals surface area contributed by atoms with Crippen LogP contribution in [0.4, 0.5) is 5.69 Å². The number of nitrogens with one attached hydrogen (secondary N) is 1. The van der Waals surface area contributed by atoms with Crippen LogP contribution in [0.5, 0.6) is 0 Å². The molecule has 0 spiro atoms. The largest absolute Gasteiger partial charge is 0.381 e. The van der Waals surface area contributed by atoms with Crippen LogP contribution in [-0.2, 0) is 15.1 Å². The first kappa shape index (κ1) is 16.9. The first-order valence-corrected chi connectivity index (χ1v) is 8.14. The van der Waals surface area contributed by atoms with Crippen LogP contribution in [-0.4, -0.2) is 41.0 Å². The van der Waals surface area contributed by atoms with Gasteiger partial charge in [-0.05, 0) is 32.9 Å². The summed E-state index contributed by atoms with van der Waals surface area (Å²) in [6.07, 6.45) is 3.18. The minimum Gasteiger partial charge on any atom is -0.381 e. The standard InChI is InChI=1S/C17H24N4O3/c1-16(2,3)20-12-5-6-13(18-11-12)14-19-15(24-21-14)17(22-4)7-9-23-10-8-17/h5-6,11,20H,7-10H2,1-4H3. The molecule has 3 heterocycles. The summed E-state index contributed by atoms with van der Waals surface area (Å²) in [5, 5.41) is 7.44. The summed E-state index contributed by atoms with van der Waals surface area (Å²) < 4.78 is 16.6. The van der Waals surface area contributed by atoms with E-state index in [1.54, 1.807) is 13.3 Å². The summed E-state index contributed by atoms with van der Waals surface area (Å²) in [4.78, 5) is 8.94. The van der Waals surface area contributed by atoms with E-state index in [1.807, 2.05) is 12.1 Å². The van der Waals surface area contributed by atoms with E-state index in [0.29, 0.717) is 43.5 Å². The first-order valence-electron chi connectivity index (χ1n) is 8.14. The van der Waals surface area contributed by atoms with E-state index in [4.69, 9.17) is 14.0 Å². The topological polar surface area (TPSA) is 82.3 Å². The highest BCUT2D eigenvalue weighted by molar-refractivity contribution is 5.53. The van der Waals surface area contributed by atoms with Gasteiger partial charge in [0.05, 0.1) is 11.9 Å². The average Bonchev–Trinajstić information content (AvgIpc) is 3.05. The third-order valence-corrected chi connectivity index (χ3v) is 4.02. The fourth-order valence-corrected chi connectivity index (χ4v) is 2.75. The van der Waals surface area contributed by atoms with Gasteiger partial charge in [-0.2, -0.15) is 4.98 Å². The van der Waals surface area contributed by atoms with Gasteiger partial charge in [0.15, 0.2) is 5.60 Å². The molecule has 130 valence electrons. The zero-order valence-corrected chi connectivity index (χ0v) is 14.6. The molecule has 1 saturated heterocycles. The van der Waals surface area contributed by atoms with Crippen molar-refractivity contribution in [2.45, 2.75) is 44.8 Å². The lowest BCUT2D eigenvalue weighted by Crippen LogP contribution is -2.35. The minimum absolute atomic E-state index is 0.0175. The molecule has 7 heteroatoms. The van der Waals surface area contributed by atoms with Crippen molar-refractivity contribution in [2.24, 2.45) is 0 Å². The maximum atomic E-state index is 5.68. The van der Waals surface area contributed by atoms with Gasteiger partial charge in [-0.1, -0.05) is 5.16 Å². The van der Waals surface area contributed by atoms with Crippen LogP contribution in [0.25, 0.3) is 11.5 Å². The Labute approximate surface area is 141 Å². The van der Waals surface area contributed by atoms with E-state index < -0.39 is 5.60 Å². The SMILES string of the molecule is COC1(c2nc(-c3ccc(NC(C)(C)C)cn3)no2)CCOCC1. The van der Waals surface area contributed by atoms with Gasteiger partial charge in [-0.3, -0.25) is 4.98 Å². The molecule has 7 nitrogen and oxygen atoms in total. The van der Waals surface area contributed by atoms with Crippen LogP contribution < -0.4 is 5.32 Å². The number of pyridine rings is 1. The molecule has 0 aliphatic carbocycles. The van der Waals surface area contributed by atoms with Crippen molar-refractivity contribution < 1.29 is 14.0 Å². The highest BCUT2D eigenvalue weighted by Crippen LogP contribution is 2.35. The second-order valence-corrected chi connectivity index (χ2v) is 7.04. The average molecular weight is 332 g/mol. The fraction of sp³-hybridized carbons (Fsp3) is 0.588. The molecule has 0 saturated carbocycles. The Kier molecular flexibility index (Phi) is 4.56. The molecular formula is C17H24N4O3. The van der Waals surface area contributed by atoms with Crippen molar-refractivity contribution in [3.63, 3.8) is 0 Å². The normalized spacial score (nSPS) is 17.7. The minimum atomic E-state index is -0.558. The van der Waals surface area contributed by atoms with Crippen LogP contribution in [0.2, 0.25) is 0 Å². The van der Waals surface area contributed by atoms with Gasteiger partial charge >= 0.3 is 0 Å². The van der Waals surface area contributed by atoms with Crippen molar-refractivity contribution in [3.05, 3.63) is 24.2 Å². The molecule has 2 aromatic rings. The predicted molar refractivity (Wildman–Crippen MR) is 89.6 cm³/mol. The molecule has 0 aromatic carbocycles. The van der Waals surface area contributed by atoms with E-state index >= 15 is 0 Å². The van der Waals surface area contributed by atoms with Crippen molar-refractivity contribution in [2.75, 3.05) is 25.6 Å². The number of methoxy groups -OCH3 is 1. The summed E-state index contributed by atoms with van der Waals surface area (Å²) in [6.45, 7) is 7.55. The Hall–Kier alpha value is -1.99. The molecule has 24 heavy (non-hydrogen) atoms. The molecule has 0 amide bonds. The molecule has 0 atom stereocenters. The number of anilines is 1. The smallest absolute Gasteiger partial charge is 0.259 e. The summed E-state index contributed by atoms with van der Waals surface area (Å²) in [7, 11) is 1.67. The lowest BCUT2D eigenvalue weighted by molar-refractivity contribution is -0.111. The number of aromatic nitrogens is 3. The highest BCUT2D eigenvalue weighted by Gasteiger charge is 2.40. The third kappa shape index (κ3) is 3.57. The second-order valence-electron chi connectivity index (χ2n) is 7.04. The van der Waals surface area contributed by atoms with Gasteiger partial charge in [0.2, 0.25) is 5.82 Å². The summed E-state index contributed by atoms with van der Waals surface area (Å²) in [5.74, 6) is 0.956. The van der Waals surface area contributed by atoms with Crippen molar-refractivity contribution in [1.82, 2.24) is 15.1 Å². The fourth-order valence-electron chi connectivity index (χ4n) is 2.75. The van der Waals surface area contributed by atoms with E-state index in [-0.39, 0.29) is 5.54 Å². The van der Waals surface area contributed by atoms with Gasteiger partial charge in [-0.25, -0.2) is 0 Å². The van der Waals surface area contributed by atoms with E-state index in [2.05, 4.69) is 41.2 Å². The van der Waals surface area contributed by atoms with E-state index in [1.165, 1.54) is 0 Å². The lowest BCUT2D eigenvalue weighted by Gasteiger charge is -2.32. The monoisotopic (exact) mass is 332 g/mol. The summed E-state index contributed by atoms with van der Waals surface area (Å²) in [6, 6.07) is 3.84. The van der Waals surface area contributed by atoms with Crippen LogP contribution in [0.3, 0.4) is 0 Å². The summed E-state index contributed by atoms with van der Waals surface area (Å²) in [5.41, 5.74) is 1.05. The highest BCUT2D eigenvalue weighted by atomic mass is 16.5. The zero-order valence-electron chi connectivity index (χ0n) is 14.6. The molecule has 0 bridgehead atoms. The Morgan fingerprint density at radius 1 is 1.21 bits per heavy atom. The molecule has 1 aliphatic rings. The van der Waals surface area contributed by atoms with Gasteiger partial charge < -0.3 is 19.3 Å². The van der Waals surface area contributed by atoms with Crippen molar-refractivity contribution in [3.8, 4) is 11.5 Å². The van der Waals surface area contributed by atoms with E-state index in [0.717, 1.165) is 5.69 Å². The van der Waals surface area contributed by atoms with Crippen molar-refractivity contribution >= 4 is 5.69 Å². The Balaban J connectivity index is 1.80. The van der Waals surface area contributed by atoms with E-state index in [9.17, 15) is 0 Å². The predicted octanol–water partition coefficient (Wildman–Crippen LogP) is 2.99. The number of hydrogen-bond donors (Lipinski definition) is 1. The number of hydrogen-bond acceptors (Lipinski definition) is 7. The molecule has 1 fully saturated rings. The molecule has 1 N–H and O–H groups in total. The van der Waals surface area contributed by atoms with Crippen LogP contribution in [0.1, 0.15) is 39.5 Å². The Morgan fingerprint density at radius 2 is 1.96 bits per heavy atom. The lowest BCUT2D eigenvalue weighted by atomic mass is 9.94. The maximum Gasteiger partial charge on any atom is 0.259 e. The number of ether oxygens (including phenoxy) is 2. The Morgan fingerprint density at radius 3 is 2.54 bits per heavy atom. The second kappa shape index (κ2) is 6.49. The zero-order chi connectivity index (χ0) is 17.2. The Bertz CT molecular complexity index is 670. The van der Waals surface area contributed by atoms with Gasteiger partial charge in [-0.15, -0.1) is 0 Å². The van der Waals surface area contributed by atoms with Crippen molar-refractivity contribution in [1.29, 1.82) is 0 Å². The van der Waals surface area contributed by atoms with Crippen LogP contribution in [0.15, 0.2) is 22.9 Å². The van der Waals surface area contributed by atoms with Gasteiger partial charge in [0.25, 0.3) is 5.89 Å². The molecule has 0 radical (unpaired) electrons. The number of rotatable bonds is 4. The molecule has 3 rings (SSSR count). The molecule has 1 aliphatic heterocycles. The molecule has 2 aromatic heterocycles. The van der Waals surface area contributed by atoms with Gasteiger partial charge in [0.1, 0.15) is 5.69 Å². The number of nitrogens with zero attached hydrogens (tertiary/aromatic N) is 3. The first-order chi connectivity index (χ1) is 11.4. The molecule has 0 unspecified atom stereocenters.